The van der Waals surface area contributed by atoms with Gasteiger partial charge in [-0.3, -0.25) is 4.79 Å². The lowest BCUT2D eigenvalue weighted by molar-refractivity contribution is 0.0916. The Balaban J connectivity index is 1.66. The average molecular weight is 309 g/mol. The van der Waals surface area contributed by atoms with Gasteiger partial charge in [0, 0.05) is 12.1 Å². The van der Waals surface area contributed by atoms with Gasteiger partial charge in [0.05, 0.1) is 11.8 Å². The predicted molar refractivity (Wildman–Crippen MR) is 82.9 cm³/mol. The molecule has 3 aromatic rings. The van der Waals surface area contributed by atoms with Gasteiger partial charge in [-0.15, -0.1) is 5.10 Å². The van der Waals surface area contributed by atoms with E-state index in [4.69, 9.17) is 0 Å². The number of hydrogen-bond acceptors (Lipinski definition) is 5. The van der Waals surface area contributed by atoms with Gasteiger partial charge in [-0.05, 0) is 34.2 Å². The second-order valence-corrected chi connectivity index (χ2v) is 4.94. The second-order valence-electron chi connectivity index (χ2n) is 4.94. The molecule has 1 atom stereocenters. The summed E-state index contributed by atoms with van der Waals surface area (Å²) in [5, 5.41) is 23.7. The summed E-state index contributed by atoms with van der Waals surface area (Å²) in [5.41, 5.74) is 1.92. The maximum absolute atomic E-state index is 12.2. The van der Waals surface area contributed by atoms with E-state index in [1.54, 1.807) is 24.3 Å². The summed E-state index contributed by atoms with van der Waals surface area (Å²) in [7, 11) is 0. The van der Waals surface area contributed by atoms with E-state index in [1.165, 1.54) is 11.0 Å². The van der Waals surface area contributed by atoms with E-state index in [-0.39, 0.29) is 12.5 Å². The first-order valence-electron chi connectivity index (χ1n) is 7.08. The molecule has 1 aromatic heterocycles. The van der Waals surface area contributed by atoms with Crippen LogP contribution in [0.15, 0.2) is 60.9 Å². The summed E-state index contributed by atoms with van der Waals surface area (Å²) in [6.07, 6.45) is 0.707. The molecule has 0 aliphatic rings. The molecule has 23 heavy (non-hydrogen) atoms. The standard InChI is InChI=1S/C16H15N5O2/c22-15(12-5-2-1-3-6-12)10-17-16(23)13-7-4-8-14(9-13)21-11-18-19-20-21/h1-9,11,15,22H,10H2,(H,17,23). The van der Waals surface area contributed by atoms with Crippen LogP contribution in [0.3, 0.4) is 0 Å². The van der Waals surface area contributed by atoms with E-state index in [0.29, 0.717) is 11.3 Å². The maximum atomic E-state index is 12.2. The normalized spacial score (nSPS) is 11.9. The molecule has 7 heteroatoms. The Morgan fingerprint density at radius 2 is 2.00 bits per heavy atom. The van der Waals surface area contributed by atoms with E-state index in [9.17, 15) is 9.90 Å². The molecule has 0 fully saturated rings. The number of tetrazole rings is 1. The number of carbonyl (C=O) groups is 1. The molecule has 1 heterocycles. The average Bonchev–Trinajstić information content (AvgIpc) is 3.15. The molecule has 7 nitrogen and oxygen atoms in total. The number of benzene rings is 2. The molecule has 1 amide bonds. The molecule has 0 spiro atoms. The lowest BCUT2D eigenvalue weighted by Crippen LogP contribution is -2.28. The van der Waals surface area contributed by atoms with Crippen LogP contribution in [-0.2, 0) is 0 Å². The highest BCUT2D eigenvalue weighted by Crippen LogP contribution is 2.12. The molecule has 2 N–H and O–H groups in total. The summed E-state index contributed by atoms with van der Waals surface area (Å²) < 4.78 is 1.47. The number of nitrogens with zero attached hydrogens (tertiary/aromatic N) is 4. The number of carbonyl (C=O) groups excluding carboxylic acids is 1. The molecular formula is C16H15N5O2. The third kappa shape index (κ3) is 3.58. The quantitative estimate of drug-likeness (QED) is 0.737. The number of rotatable bonds is 5. The molecule has 116 valence electrons. The van der Waals surface area contributed by atoms with Crippen LogP contribution in [0.1, 0.15) is 22.0 Å². The topological polar surface area (TPSA) is 92.9 Å². The van der Waals surface area contributed by atoms with Gasteiger partial charge in [-0.1, -0.05) is 36.4 Å². The zero-order chi connectivity index (χ0) is 16.1. The summed E-state index contributed by atoms with van der Waals surface area (Å²) in [6, 6.07) is 16.1. The Kier molecular flexibility index (Phi) is 4.39. The summed E-state index contributed by atoms with van der Waals surface area (Å²) in [4.78, 5) is 12.2. The van der Waals surface area contributed by atoms with Crippen molar-refractivity contribution in [3.8, 4) is 5.69 Å². The van der Waals surface area contributed by atoms with Gasteiger partial charge in [0.1, 0.15) is 6.33 Å². The number of aliphatic hydroxyl groups is 1. The molecule has 0 saturated carbocycles. The zero-order valence-electron chi connectivity index (χ0n) is 12.2. The van der Waals surface area contributed by atoms with Gasteiger partial charge in [-0.25, -0.2) is 4.68 Å². The Bertz CT molecular complexity index is 774. The monoisotopic (exact) mass is 309 g/mol. The van der Waals surface area contributed by atoms with Crippen molar-refractivity contribution in [2.24, 2.45) is 0 Å². The Labute approximate surface area is 132 Å². The smallest absolute Gasteiger partial charge is 0.251 e. The molecular weight excluding hydrogens is 294 g/mol. The van der Waals surface area contributed by atoms with E-state index < -0.39 is 6.10 Å². The molecule has 0 saturated heterocycles. The fourth-order valence-electron chi connectivity index (χ4n) is 2.15. The van der Waals surface area contributed by atoms with Crippen molar-refractivity contribution in [3.63, 3.8) is 0 Å². The summed E-state index contributed by atoms with van der Waals surface area (Å²) in [5.74, 6) is -0.269. The van der Waals surface area contributed by atoms with Gasteiger partial charge in [0.2, 0.25) is 0 Å². The molecule has 0 bridgehead atoms. The van der Waals surface area contributed by atoms with Crippen LogP contribution in [0.4, 0.5) is 0 Å². The third-order valence-corrected chi connectivity index (χ3v) is 3.36. The first-order valence-corrected chi connectivity index (χ1v) is 7.08. The number of aliphatic hydroxyl groups excluding tert-OH is 1. The lowest BCUT2D eigenvalue weighted by Gasteiger charge is -2.12. The molecule has 0 aliphatic heterocycles. The summed E-state index contributed by atoms with van der Waals surface area (Å²) in [6.45, 7) is 0.137. The fraction of sp³-hybridized carbons (Fsp3) is 0.125. The minimum atomic E-state index is -0.747. The van der Waals surface area contributed by atoms with Gasteiger partial charge >= 0.3 is 0 Å². The third-order valence-electron chi connectivity index (χ3n) is 3.36. The Morgan fingerprint density at radius 3 is 2.74 bits per heavy atom. The van der Waals surface area contributed by atoms with Gasteiger partial charge in [-0.2, -0.15) is 0 Å². The van der Waals surface area contributed by atoms with Crippen molar-refractivity contribution in [1.29, 1.82) is 0 Å². The largest absolute Gasteiger partial charge is 0.387 e. The van der Waals surface area contributed by atoms with E-state index in [1.807, 2.05) is 30.3 Å². The van der Waals surface area contributed by atoms with E-state index >= 15 is 0 Å². The van der Waals surface area contributed by atoms with Crippen LogP contribution in [0.2, 0.25) is 0 Å². The lowest BCUT2D eigenvalue weighted by atomic mass is 10.1. The fourth-order valence-corrected chi connectivity index (χ4v) is 2.15. The molecule has 2 aromatic carbocycles. The van der Waals surface area contributed by atoms with Crippen molar-refractivity contribution >= 4 is 5.91 Å². The number of nitrogens with one attached hydrogen (secondary N) is 1. The van der Waals surface area contributed by atoms with Crippen molar-refractivity contribution in [2.45, 2.75) is 6.10 Å². The molecule has 0 radical (unpaired) electrons. The highest BCUT2D eigenvalue weighted by Gasteiger charge is 2.11. The molecule has 0 aliphatic carbocycles. The van der Waals surface area contributed by atoms with Gasteiger partial charge in [0.15, 0.2) is 0 Å². The van der Waals surface area contributed by atoms with Crippen LogP contribution >= 0.6 is 0 Å². The van der Waals surface area contributed by atoms with E-state index in [2.05, 4.69) is 20.8 Å². The van der Waals surface area contributed by atoms with Crippen LogP contribution in [0.25, 0.3) is 5.69 Å². The highest BCUT2D eigenvalue weighted by molar-refractivity contribution is 5.94. The van der Waals surface area contributed by atoms with Crippen LogP contribution in [-0.4, -0.2) is 37.8 Å². The van der Waals surface area contributed by atoms with Crippen molar-refractivity contribution < 1.29 is 9.90 Å². The Morgan fingerprint density at radius 1 is 1.17 bits per heavy atom. The first kappa shape index (κ1) is 14.9. The van der Waals surface area contributed by atoms with Crippen LogP contribution < -0.4 is 5.32 Å². The number of hydrogen-bond donors (Lipinski definition) is 2. The first-order chi connectivity index (χ1) is 11.2. The van der Waals surface area contributed by atoms with Gasteiger partial charge < -0.3 is 10.4 Å². The number of aromatic nitrogens is 4. The molecule has 3 rings (SSSR count). The van der Waals surface area contributed by atoms with Crippen molar-refractivity contribution in [3.05, 3.63) is 72.1 Å². The van der Waals surface area contributed by atoms with Crippen molar-refractivity contribution in [2.75, 3.05) is 6.54 Å². The van der Waals surface area contributed by atoms with Gasteiger partial charge in [0.25, 0.3) is 5.91 Å². The van der Waals surface area contributed by atoms with Crippen LogP contribution in [0.5, 0.6) is 0 Å². The Hall–Kier alpha value is -3.06. The second kappa shape index (κ2) is 6.80. The maximum Gasteiger partial charge on any atom is 0.251 e. The van der Waals surface area contributed by atoms with E-state index in [0.717, 1.165) is 5.56 Å². The SMILES string of the molecule is O=C(NCC(O)c1ccccc1)c1cccc(-n2cnnn2)c1. The summed E-state index contributed by atoms with van der Waals surface area (Å²) >= 11 is 0. The minimum absolute atomic E-state index is 0.137. The minimum Gasteiger partial charge on any atom is -0.387 e. The molecule has 1 unspecified atom stereocenters. The van der Waals surface area contributed by atoms with Crippen LogP contribution in [0, 0.1) is 0 Å². The predicted octanol–water partition coefficient (Wildman–Crippen LogP) is 1.13. The zero-order valence-corrected chi connectivity index (χ0v) is 12.2. The van der Waals surface area contributed by atoms with Crippen molar-refractivity contribution in [1.82, 2.24) is 25.5 Å². The highest BCUT2D eigenvalue weighted by atomic mass is 16.3. The number of amides is 1.